The summed E-state index contributed by atoms with van der Waals surface area (Å²) in [6, 6.07) is 0. The van der Waals surface area contributed by atoms with Crippen molar-refractivity contribution < 1.29 is 9.90 Å². The van der Waals surface area contributed by atoms with Crippen LogP contribution in [0.4, 0.5) is 0 Å². The van der Waals surface area contributed by atoms with Crippen molar-refractivity contribution in [2.75, 3.05) is 0 Å². The summed E-state index contributed by atoms with van der Waals surface area (Å²) in [6.07, 6.45) is 6.42. The molecule has 0 atom stereocenters. The predicted molar refractivity (Wildman–Crippen MR) is 64.0 cm³/mol. The van der Waals surface area contributed by atoms with Gasteiger partial charge in [-0.2, -0.15) is 0 Å². The molecule has 1 aliphatic carbocycles. The van der Waals surface area contributed by atoms with E-state index in [-0.39, 0.29) is 6.42 Å². The summed E-state index contributed by atoms with van der Waals surface area (Å²) < 4.78 is 0. The number of aryl methyl sites for hydroxylation is 1. The fourth-order valence-corrected chi connectivity index (χ4v) is 3.39. The van der Waals surface area contributed by atoms with E-state index in [9.17, 15) is 4.79 Å². The van der Waals surface area contributed by atoms with Gasteiger partial charge in [0.05, 0.1) is 17.1 Å². The Morgan fingerprint density at radius 1 is 1.44 bits per heavy atom. The number of aromatic nitrogens is 1. The summed E-state index contributed by atoms with van der Waals surface area (Å²) in [5, 5.41) is 9.94. The van der Waals surface area contributed by atoms with Gasteiger partial charge in [-0.05, 0) is 19.8 Å². The average molecular weight is 239 g/mol. The van der Waals surface area contributed by atoms with Crippen LogP contribution in [-0.4, -0.2) is 16.1 Å². The van der Waals surface area contributed by atoms with Gasteiger partial charge in [0.2, 0.25) is 0 Å². The molecule has 4 heteroatoms. The van der Waals surface area contributed by atoms with E-state index >= 15 is 0 Å². The van der Waals surface area contributed by atoms with Gasteiger partial charge in [-0.25, -0.2) is 4.98 Å². The molecule has 88 valence electrons. The van der Waals surface area contributed by atoms with Crippen molar-refractivity contribution in [2.45, 2.75) is 51.4 Å². The molecule has 0 unspecified atom stereocenters. The molecule has 3 nitrogen and oxygen atoms in total. The molecule has 1 aliphatic rings. The Balaban J connectivity index is 2.12. The maximum absolute atomic E-state index is 10.7. The Morgan fingerprint density at radius 2 is 2.12 bits per heavy atom. The van der Waals surface area contributed by atoms with E-state index in [4.69, 9.17) is 5.11 Å². The second-order valence-corrected chi connectivity index (χ2v) is 5.70. The lowest BCUT2D eigenvalue weighted by atomic mass is 9.90. The van der Waals surface area contributed by atoms with Crippen molar-refractivity contribution in [3.05, 3.63) is 15.6 Å². The number of carboxylic acid groups (broad SMARTS) is 1. The van der Waals surface area contributed by atoms with Crippen molar-refractivity contribution in [3.8, 4) is 0 Å². The third-order valence-corrected chi connectivity index (χ3v) is 4.36. The molecule has 1 heterocycles. The van der Waals surface area contributed by atoms with E-state index in [1.54, 1.807) is 11.3 Å². The maximum Gasteiger partial charge on any atom is 0.309 e. The Morgan fingerprint density at radius 3 is 2.75 bits per heavy atom. The third-order valence-electron chi connectivity index (χ3n) is 3.18. The first-order valence-electron chi connectivity index (χ1n) is 5.85. The highest BCUT2D eigenvalue weighted by Gasteiger charge is 2.20. The van der Waals surface area contributed by atoms with Gasteiger partial charge in [-0.15, -0.1) is 11.3 Å². The summed E-state index contributed by atoms with van der Waals surface area (Å²) in [5.74, 6) is -0.205. The number of hydrogen-bond acceptors (Lipinski definition) is 3. The number of thiazole rings is 1. The van der Waals surface area contributed by atoms with Crippen molar-refractivity contribution >= 4 is 17.3 Å². The molecular weight excluding hydrogens is 222 g/mol. The topological polar surface area (TPSA) is 50.2 Å². The van der Waals surface area contributed by atoms with E-state index in [1.807, 2.05) is 6.92 Å². The zero-order chi connectivity index (χ0) is 11.5. The van der Waals surface area contributed by atoms with E-state index in [0.717, 1.165) is 15.6 Å². The minimum atomic E-state index is -0.788. The van der Waals surface area contributed by atoms with Crippen LogP contribution in [0.15, 0.2) is 0 Å². The first kappa shape index (κ1) is 11.6. The van der Waals surface area contributed by atoms with Crippen molar-refractivity contribution in [1.82, 2.24) is 4.98 Å². The largest absolute Gasteiger partial charge is 0.481 e. The average Bonchev–Trinajstić information content (AvgIpc) is 2.61. The SMILES string of the molecule is Cc1sc(C2CCCCC2)nc1CC(=O)O. The van der Waals surface area contributed by atoms with Gasteiger partial charge in [-0.3, -0.25) is 4.79 Å². The zero-order valence-corrected chi connectivity index (χ0v) is 10.3. The standard InChI is InChI=1S/C12H17NO2S/c1-8-10(7-11(14)15)13-12(16-8)9-5-3-2-4-6-9/h9H,2-7H2,1H3,(H,14,15). The highest BCUT2D eigenvalue weighted by molar-refractivity contribution is 7.11. The molecule has 0 bridgehead atoms. The van der Waals surface area contributed by atoms with Crippen LogP contribution in [0.1, 0.15) is 53.6 Å². The normalized spacial score (nSPS) is 17.6. The van der Waals surface area contributed by atoms with Crippen LogP contribution >= 0.6 is 11.3 Å². The van der Waals surface area contributed by atoms with Crippen LogP contribution in [0.25, 0.3) is 0 Å². The molecule has 0 spiro atoms. The Bertz CT molecular complexity index is 380. The molecule has 1 fully saturated rings. The highest BCUT2D eigenvalue weighted by Crippen LogP contribution is 2.35. The van der Waals surface area contributed by atoms with Crippen LogP contribution in [0, 0.1) is 6.92 Å². The molecule has 1 aromatic rings. The molecule has 1 saturated carbocycles. The van der Waals surface area contributed by atoms with Crippen molar-refractivity contribution in [3.63, 3.8) is 0 Å². The molecule has 1 aromatic heterocycles. The lowest BCUT2D eigenvalue weighted by Crippen LogP contribution is -2.05. The minimum Gasteiger partial charge on any atom is -0.481 e. The van der Waals surface area contributed by atoms with E-state index in [0.29, 0.717) is 5.92 Å². The number of carboxylic acids is 1. The molecule has 2 rings (SSSR count). The van der Waals surface area contributed by atoms with E-state index in [2.05, 4.69) is 4.98 Å². The smallest absolute Gasteiger partial charge is 0.309 e. The molecule has 0 aliphatic heterocycles. The van der Waals surface area contributed by atoms with Gasteiger partial charge in [0.15, 0.2) is 0 Å². The molecular formula is C12H17NO2S. The van der Waals surface area contributed by atoms with E-state index in [1.165, 1.54) is 32.1 Å². The first-order chi connectivity index (χ1) is 7.66. The predicted octanol–water partition coefficient (Wildman–Crippen LogP) is 3.13. The molecule has 16 heavy (non-hydrogen) atoms. The second-order valence-electron chi connectivity index (χ2n) is 4.46. The molecule has 0 aromatic carbocycles. The summed E-state index contributed by atoms with van der Waals surface area (Å²) in [6.45, 7) is 1.97. The van der Waals surface area contributed by atoms with Crippen molar-refractivity contribution in [1.29, 1.82) is 0 Å². The zero-order valence-electron chi connectivity index (χ0n) is 9.53. The summed E-state index contributed by atoms with van der Waals surface area (Å²) in [4.78, 5) is 16.3. The number of aliphatic carboxylic acids is 1. The highest BCUT2D eigenvalue weighted by atomic mass is 32.1. The van der Waals surface area contributed by atoms with E-state index < -0.39 is 5.97 Å². The molecule has 0 saturated heterocycles. The van der Waals surface area contributed by atoms with Crippen LogP contribution in [0.5, 0.6) is 0 Å². The Kier molecular flexibility index (Phi) is 3.59. The fraction of sp³-hybridized carbons (Fsp3) is 0.667. The lowest BCUT2D eigenvalue weighted by Gasteiger charge is -2.18. The van der Waals surface area contributed by atoms with Crippen LogP contribution in [0.3, 0.4) is 0 Å². The summed E-state index contributed by atoms with van der Waals surface area (Å²) in [7, 11) is 0. The number of carbonyl (C=O) groups is 1. The number of rotatable bonds is 3. The second kappa shape index (κ2) is 4.95. The molecule has 1 N–H and O–H groups in total. The monoisotopic (exact) mass is 239 g/mol. The van der Waals surface area contributed by atoms with Gasteiger partial charge >= 0.3 is 5.97 Å². The van der Waals surface area contributed by atoms with Gasteiger partial charge < -0.3 is 5.11 Å². The first-order valence-corrected chi connectivity index (χ1v) is 6.66. The van der Waals surface area contributed by atoms with Crippen LogP contribution in [-0.2, 0) is 11.2 Å². The Hall–Kier alpha value is -0.900. The number of hydrogen-bond donors (Lipinski definition) is 1. The molecule has 0 amide bonds. The molecule has 0 radical (unpaired) electrons. The Labute approximate surface area is 99.5 Å². The maximum atomic E-state index is 10.7. The van der Waals surface area contributed by atoms with Gasteiger partial charge in [0.25, 0.3) is 0 Å². The van der Waals surface area contributed by atoms with Crippen molar-refractivity contribution in [2.24, 2.45) is 0 Å². The number of nitrogens with zero attached hydrogens (tertiary/aromatic N) is 1. The lowest BCUT2D eigenvalue weighted by molar-refractivity contribution is -0.136. The third kappa shape index (κ3) is 2.61. The van der Waals surface area contributed by atoms with Gasteiger partial charge in [-0.1, -0.05) is 19.3 Å². The quantitative estimate of drug-likeness (QED) is 0.881. The van der Waals surface area contributed by atoms with Gasteiger partial charge in [0, 0.05) is 10.8 Å². The summed E-state index contributed by atoms with van der Waals surface area (Å²) in [5.41, 5.74) is 0.762. The summed E-state index contributed by atoms with van der Waals surface area (Å²) >= 11 is 1.69. The minimum absolute atomic E-state index is 0.0645. The van der Waals surface area contributed by atoms with Crippen LogP contribution in [0.2, 0.25) is 0 Å². The fourth-order valence-electron chi connectivity index (χ4n) is 2.28. The van der Waals surface area contributed by atoms with Gasteiger partial charge in [0.1, 0.15) is 0 Å². The van der Waals surface area contributed by atoms with Crippen LogP contribution < -0.4 is 0 Å².